The third kappa shape index (κ3) is 2.33. The SMILES string of the molecule is Cc1cc(Br)cc(C(=O)CCN)c1O. The number of halogens is 1. The molecular weight excluding hydrogens is 246 g/mol. The van der Waals surface area contributed by atoms with Gasteiger partial charge in [0.2, 0.25) is 0 Å². The summed E-state index contributed by atoms with van der Waals surface area (Å²) in [5.41, 5.74) is 6.29. The lowest BCUT2D eigenvalue weighted by atomic mass is 10.0. The van der Waals surface area contributed by atoms with Gasteiger partial charge in [-0.2, -0.15) is 0 Å². The molecule has 0 aliphatic heterocycles. The fraction of sp³-hybridized carbons (Fsp3) is 0.300. The molecule has 0 bridgehead atoms. The number of carbonyl (C=O) groups excluding carboxylic acids is 1. The molecule has 0 amide bonds. The summed E-state index contributed by atoms with van der Waals surface area (Å²) in [6, 6.07) is 3.37. The van der Waals surface area contributed by atoms with Crippen molar-refractivity contribution in [1.29, 1.82) is 0 Å². The summed E-state index contributed by atoms with van der Waals surface area (Å²) in [5.74, 6) is -0.0824. The third-order valence-electron chi connectivity index (χ3n) is 1.94. The third-order valence-corrected chi connectivity index (χ3v) is 2.39. The molecule has 14 heavy (non-hydrogen) atoms. The standard InChI is InChI=1S/C10H12BrNO2/c1-6-4-7(11)5-8(10(6)14)9(13)2-3-12/h4-5,14H,2-3,12H2,1H3. The minimum Gasteiger partial charge on any atom is -0.507 e. The number of nitrogens with two attached hydrogens (primary N) is 1. The second-order valence-corrected chi connectivity index (χ2v) is 4.00. The Hall–Kier alpha value is -0.870. The van der Waals surface area contributed by atoms with Crippen LogP contribution in [0.2, 0.25) is 0 Å². The first kappa shape index (κ1) is 11.2. The highest BCUT2D eigenvalue weighted by Crippen LogP contribution is 2.27. The molecule has 0 atom stereocenters. The second-order valence-electron chi connectivity index (χ2n) is 3.08. The molecule has 0 radical (unpaired) electrons. The smallest absolute Gasteiger partial charge is 0.167 e. The number of hydrogen-bond donors (Lipinski definition) is 2. The fourth-order valence-electron chi connectivity index (χ4n) is 1.21. The molecule has 0 saturated heterocycles. The van der Waals surface area contributed by atoms with Gasteiger partial charge in [0.1, 0.15) is 5.75 Å². The minimum absolute atomic E-state index is 0.0478. The monoisotopic (exact) mass is 257 g/mol. The summed E-state index contributed by atoms with van der Waals surface area (Å²) >= 11 is 3.27. The Labute approximate surface area is 91.1 Å². The van der Waals surface area contributed by atoms with Gasteiger partial charge in [0.05, 0.1) is 5.56 Å². The van der Waals surface area contributed by atoms with Crippen LogP contribution in [0, 0.1) is 6.92 Å². The second kappa shape index (κ2) is 4.57. The maximum absolute atomic E-state index is 11.5. The molecule has 3 N–H and O–H groups in total. The van der Waals surface area contributed by atoms with Crippen molar-refractivity contribution in [3.05, 3.63) is 27.7 Å². The Balaban J connectivity index is 3.13. The summed E-state index contributed by atoms with van der Waals surface area (Å²) in [7, 11) is 0. The Morgan fingerprint density at radius 3 is 2.79 bits per heavy atom. The van der Waals surface area contributed by atoms with Crippen LogP contribution >= 0.6 is 15.9 Å². The molecule has 1 rings (SSSR count). The topological polar surface area (TPSA) is 63.3 Å². The largest absolute Gasteiger partial charge is 0.507 e. The molecule has 4 heteroatoms. The van der Waals surface area contributed by atoms with Crippen molar-refractivity contribution >= 4 is 21.7 Å². The Morgan fingerprint density at radius 2 is 2.21 bits per heavy atom. The van der Waals surface area contributed by atoms with Crippen LogP contribution in [0.4, 0.5) is 0 Å². The van der Waals surface area contributed by atoms with Crippen molar-refractivity contribution in [2.75, 3.05) is 6.54 Å². The first-order chi connectivity index (χ1) is 6.56. The van der Waals surface area contributed by atoms with Crippen LogP contribution in [0.1, 0.15) is 22.3 Å². The summed E-state index contributed by atoms with van der Waals surface area (Å²) in [4.78, 5) is 11.5. The van der Waals surface area contributed by atoms with Gasteiger partial charge in [-0.05, 0) is 31.2 Å². The average molecular weight is 258 g/mol. The van der Waals surface area contributed by atoms with Crippen molar-refractivity contribution in [2.45, 2.75) is 13.3 Å². The number of hydrogen-bond acceptors (Lipinski definition) is 3. The Morgan fingerprint density at radius 1 is 1.57 bits per heavy atom. The first-order valence-electron chi connectivity index (χ1n) is 4.28. The molecule has 0 saturated carbocycles. The molecule has 76 valence electrons. The van der Waals surface area contributed by atoms with Crippen molar-refractivity contribution in [1.82, 2.24) is 0 Å². The van der Waals surface area contributed by atoms with E-state index in [0.717, 1.165) is 4.47 Å². The Bertz CT molecular complexity index is 363. The van der Waals surface area contributed by atoms with Crippen LogP contribution in [0.3, 0.4) is 0 Å². The van der Waals surface area contributed by atoms with E-state index in [1.807, 2.05) is 0 Å². The molecule has 0 heterocycles. The molecule has 0 aromatic heterocycles. The molecule has 1 aromatic carbocycles. The molecule has 0 aliphatic rings. The summed E-state index contributed by atoms with van der Waals surface area (Å²) in [5, 5.41) is 9.64. The van der Waals surface area contributed by atoms with E-state index >= 15 is 0 Å². The molecule has 0 unspecified atom stereocenters. The van der Waals surface area contributed by atoms with E-state index in [2.05, 4.69) is 15.9 Å². The number of ketones is 1. The fourth-order valence-corrected chi connectivity index (χ4v) is 1.79. The lowest BCUT2D eigenvalue weighted by Gasteiger charge is -2.06. The molecule has 0 aliphatic carbocycles. The number of carbonyl (C=O) groups is 1. The quantitative estimate of drug-likeness (QED) is 0.815. The van der Waals surface area contributed by atoms with Gasteiger partial charge in [-0.15, -0.1) is 0 Å². The lowest BCUT2D eigenvalue weighted by Crippen LogP contribution is -2.08. The molecule has 1 aromatic rings. The van der Waals surface area contributed by atoms with E-state index in [4.69, 9.17) is 5.73 Å². The van der Waals surface area contributed by atoms with Crippen LogP contribution < -0.4 is 5.73 Å². The van der Waals surface area contributed by atoms with E-state index in [0.29, 0.717) is 17.7 Å². The van der Waals surface area contributed by atoms with Gasteiger partial charge in [-0.3, -0.25) is 4.79 Å². The van der Waals surface area contributed by atoms with Gasteiger partial charge in [-0.25, -0.2) is 0 Å². The minimum atomic E-state index is -0.130. The van der Waals surface area contributed by atoms with Crippen molar-refractivity contribution < 1.29 is 9.90 Å². The number of rotatable bonds is 3. The highest BCUT2D eigenvalue weighted by Gasteiger charge is 2.12. The number of aryl methyl sites for hydroxylation is 1. The van der Waals surface area contributed by atoms with E-state index in [9.17, 15) is 9.90 Å². The van der Waals surface area contributed by atoms with Crippen LogP contribution in [0.15, 0.2) is 16.6 Å². The van der Waals surface area contributed by atoms with Crippen molar-refractivity contribution in [2.24, 2.45) is 5.73 Å². The van der Waals surface area contributed by atoms with Crippen LogP contribution in [-0.2, 0) is 0 Å². The number of aromatic hydroxyl groups is 1. The summed E-state index contributed by atoms with van der Waals surface area (Å²) in [6.07, 6.45) is 0.253. The number of phenols is 1. The van der Waals surface area contributed by atoms with Gasteiger partial charge in [0.25, 0.3) is 0 Å². The molecule has 0 spiro atoms. The molecule has 3 nitrogen and oxygen atoms in total. The van der Waals surface area contributed by atoms with Gasteiger partial charge < -0.3 is 10.8 Å². The highest BCUT2D eigenvalue weighted by atomic mass is 79.9. The van der Waals surface area contributed by atoms with E-state index < -0.39 is 0 Å². The molecule has 0 fully saturated rings. The van der Waals surface area contributed by atoms with Gasteiger partial charge in [0, 0.05) is 10.9 Å². The highest BCUT2D eigenvalue weighted by molar-refractivity contribution is 9.10. The average Bonchev–Trinajstić information content (AvgIpc) is 2.11. The van der Waals surface area contributed by atoms with E-state index in [-0.39, 0.29) is 18.0 Å². The van der Waals surface area contributed by atoms with Crippen molar-refractivity contribution in [3.8, 4) is 5.75 Å². The Kier molecular flexibility index (Phi) is 3.66. The van der Waals surface area contributed by atoms with Crippen LogP contribution in [0.25, 0.3) is 0 Å². The van der Waals surface area contributed by atoms with Crippen molar-refractivity contribution in [3.63, 3.8) is 0 Å². The van der Waals surface area contributed by atoms with Crippen LogP contribution in [0.5, 0.6) is 5.75 Å². The number of phenolic OH excluding ortho intramolecular Hbond substituents is 1. The number of Topliss-reactive ketones (excluding diaryl/α,β-unsaturated/α-hetero) is 1. The van der Waals surface area contributed by atoms with Gasteiger partial charge in [-0.1, -0.05) is 15.9 Å². The maximum Gasteiger partial charge on any atom is 0.167 e. The van der Waals surface area contributed by atoms with E-state index in [1.165, 1.54) is 0 Å². The zero-order valence-corrected chi connectivity index (χ0v) is 9.47. The normalized spacial score (nSPS) is 10.2. The van der Waals surface area contributed by atoms with Gasteiger partial charge in [0.15, 0.2) is 5.78 Å². The predicted octanol–water partition coefficient (Wildman–Crippen LogP) is 1.99. The zero-order chi connectivity index (χ0) is 10.7. The summed E-state index contributed by atoms with van der Waals surface area (Å²) < 4.78 is 0.785. The lowest BCUT2D eigenvalue weighted by molar-refractivity contribution is 0.0982. The number of benzene rings is 1. The van der Waals surface area contributed by atoms with Crippen LogP contribution in [-0.4, -0.2) is 17.4 Å². The zero-order valence-electron chi connectivity index (χ0n) is 7.88. The predicted molar refractivity (Wildman–Crippen MR) is 58.5 cm³/mol. The maximum atomic E-state index is 11.5. The molecular formula is C10H12BrNO2. The first-order valence-corrected chi connectivity index (χ1v) is 5.08. The van der Waals surface area contributed by atoms with E-state index in [1.54, 1.807) is 19.1 Å². The van der Waals surface area contributed by atoms with Gasteiger partial charge >= 0.3 is 0 Å². The summed E-state index contributed by atoms with van der Waals surface area (Å²) in [6.45, 7) is 2.04.